The first-order valence-corrected chi connectivity index (χ1v) is 19.3. The van der Waals surface area contributed by atoms with Crippen LogP contribution >= 0.6 is 23.8 Å². The van der Waals surface area contributed by atoms with Crippen molar-refractivity contribution in [3.8, 4) is 0 Å². The molecule has 0 atom stereocenters. The van der Waals surface area contributed by atoms with Crippen molar-refractivity contribution in [2.75, 3.05) is 24.6 Å². The molecule has 0 aromatic heterocycles. The molecule has 0 aliphatic carbocycles. The second kappa shape index (κ2) is 14.5. The predicted molar refractivity (Wildman–Crippen MR) is 190 cm³/mol. The van der Waals surface area contributed by atoms with E-state index in [-0.39, 0.29) is 7.92 Å². The van der Waals surface area contributed by atoms with E-state index in [1.165, 1.54) is 68.1 Å². The third-order valence-electron chi connectivity index (χ3n) is 7.69. The van der Waals surface area contributed by atoms with Crippen LogP contribution in [0.2, 0.25) is 0 Å². The van der Waals surface area contributed by atoms with Crippen molar-refractivity contribution in [1.82, 2.24) is 0 Å². The average molecular weight is 591 g/mol. The van der Waals surface area contributed by atoms with Gasteiger partial charge in [0.15, 0.2) is 0 Å². The van der Waals surface area contributed by atoms with E-state index in [1.54, 1.807) is 5.30 Å². The Balaban J connectivity index is 1.41. The highest BCUT2D eigenvalue weighted by atomic mass is 31.1. The quantitative estimate of drug-likeness (QED) is 0.136. The van der Waals surface area contributed by atoms with Crippen LogP contribution in [0.3, 0.4) is 0 Å². The summed E-state index contributed by atoms with van der Waals surface area (Å²) in [5, 5.41) is 7.55. The number of hydrogen-bond acceptors (Lipinski definition) is 0. The Morgan fingerprint density at radius 3 is 0.902 bits per heavy atom. The molecule has 5 aromatic rings. The summed E-state index contributed by atoms with van der Waals surface area (Å²) in [7, 11) is -1.07. The molecule has 0 aliphatic heterocycles. The van der Waals surface area contributed by atoms with Gasteiger partial charge in [-0.3, -0.25) is 0 Å². The predicted octanol–water partition coefficient (Wildman–Crippen LogP) is 8.29. The Bertz CT molecular complexity index is 1300. The first-order chi connectivity index (χ1) is 20.0. The lowest BCUT2D eigenvalue weighted by Crippen LogP contribution is -2.20. The fraction of sp³-hybridized carbons (Fsp3) is 0.211. The summed E-state index contributed by atoms with van der Waals surface area (Å²) in [6.45, 7) is 8.75. The van der Waals surface area contributed by atoms with Crippen LogP contribution in [-0.4, -0.2) is 24.6 Å². The summed E-state index contributed by atoms with van der Waals surface area (Å²) < 4.78 is 0. The zero-order chi connectivity index (χ0) is 28.6. The van der Waals surface area contributed by atoms with Crippen molar-refractivity contribution in [3.05, 3.63) is 150 Å². The van der Waals surface area contributed by atoms with Crippen LogP contribution in [-0.2, 0) is 0 Å². The molecule has 5 rings (SSSR count). The molecule has 0 saturated carbocycles. The largest absolute Gasteiger partial charge is 0.0746 e. The van der Waals surface area contributed by atoms with Crippen LogP contribution in [0.15, 0.2) is 127 Å². The summed E-state index contributed by atoms with van der Waals surface area (Å²) in [6, 6.07) is 48.7. The zero-order valence-electron chi connectivity index (χ0n) is 24.8. The number of benzene rings is 5. The lowest BCUT2D eigenvalue weighted by molar-refractivity contribution is 1.42. The van der Waals surface area contributed by atoms with Crippen LogP contribution in [0.4, 0.5) is 0 Å². The van der Waals surface area contributed by atoms with Gasteiger partial charge in [0.1, 0.15) is 0 Å². The summed E-state index contributed by atoms with van der Waals surface area (Å²) >= 11 is 0. The summed E-state index contributed by atoms with van der Waals surface area (Å²) in [5.41, 5.74) is 5.33. The summed E-state index contributed by atoms with van der Waals surface area (Å²) in [4.78, 5) is 0. The molecular formula is C38H41P3. The SMILES string of the molecule is Cc1ccc(P(CCP(CCP(c2ccc(C)cc2)c2ccc(C)cc2)c2ccccc2)c2ccc(C)cc2)cc1. The molecule has 0 fully saturated rings. The first kappa shape index (κ1) is 29.9. The average Bonchev–Trinajstić information content (AvgIpc) is 3.00. The minimum Gasteiger partial charge on any atom is -0.0746 e. The first-order valence-electron chi connectivity index (χ1n) is 14.6. The van der Waals surface area contributed by atoms with E-state index in [0.29, 0.717) is 0 Å². The Morgan fingerprint density at radius 1 is 0.317 bits per heavy atom. The molecule has 0 heterocycles. The van der Waals surface area contributed by atoms with Gasteiger partial charge in [0.05, 0.1) is 0 Å². The van der Waals surface area contributed by atoms with Gasteiger partial charge in [-0.05, 0) is 94.7 Å². The van der Waals surface area contributed by atoms with Crippen molar-refractivity contribution in [2.45, 2.75) is 27.7 Å². The minimum absolute atomic E-state index is 0.275. The Morgan fingerprint density at radius 2 is 0.610 bits per heavy atom. The Kier molecular flexibility index (Phi) is 10.6. The molecule has 41 heavy (non-hydrogen) atoms. The topological polar surface area (TPSA) is 0 Å². The summed E-state index contributed by atoms with van der Waals surface area (Å²) in [5.74, 6) is 0. The van der Waals surface area contributed by atoms with Crippen molar-refractivity contribution in [3.63, 3.8) is 0 Å². The van der Waals surface area contributed by atoms with Crippen molar-refractivity contribution >= 4 is 50.3 Å². The highest BCUT2D eigenvalue weighted by molar-refractivity contribution is 7.76. The third kappa shape index (κ3) is 8.24. The fourth-order valence-electron chi connectivity index (χ4n) is 5.16. The van der Waals surface area contributed by atoms with Gasteiger partial charge >= 0.3 is 0 Å². The Hall–Kier alpha value is -2.61. The highest BCUT2D eigenvalue weighted by Crippen LogP contribution is 2.45. The molecule has 0 nitrogen and oxygen atoms in total. The normalized spacial score (nSPS) is 11.5. The van der Waals surface area contributed by atoms with Gasteiger partial charge in [-0.2, -0.15) is 0 Å². The van der Waals surface area contributed by atoms with Gasteiger partial charge in [-0.1, -0.05) is 158 Å². The van der Waals surface area contributed by atoms with Gasteiger partial charge in [0, 0.05) is 0 Å². The van der Waals surface area contributed by atoms with E-state index in [9.17, 15) is 0 Å². The summed E-state index contributed by atoms with van der Waals surface area (Å²) in [6.07, 6.45) is 4.99. The van der Waals surface area contributed by atoms with Gasteiger partial charge in [-0.15, -0.1) is 0 Å². The van der Waals surface area contributed by atoms with E-state index in [1.807, 2.05) is 0 Å². The van der Waals surface area contributed by atoms with Crippen LogP contribution in [0.5, 0.6) is 0 Å². The van der Waals surface area contributed by atoms with Crippen molar-refractivity contribution in [2.24, 2.45) is 0 Å². The molecule has 0 bridgehead atoms. The molecule has 0 amide bonds. The third-order valence-corrected chi connectivity index (χ3v) is 16.0. The lowest BCUT2D eigenvalue weighted by atomic mass is 10.2. The van der Waals surface area contributed by atoms with Gasteiger partial charge in [-0.25, -0.2) is 0 Å². The maximum absolute atomic E-state index is 2.38. The standard InChI is InChI=1S/C38H41P3/c1-30-10-18-35(19-11-30)40(36-20-12-31(2)13-21-36)28-26-39(34-8-6-5-7-9-34)27-29-41(37-22-14-32(3)15-23-37)38-24-16-33(4)17-25-38/h5-25H,26-29H2,1-4H3. The molecule has 208 valence electrons. The van der Waals surface area contributed by atoms with Crippen LogP contribution < -0.4 is 26.5 Å². The number of hydrogen-bond donors (Lipinski definition) is 0. The fourth-order valence-corrected chi connectivity index (χ4v) is 13.7. The molecule has 0 radical (unpaired) electrons. The minimum atomic E-state index is -0.398. The van der Waals surface area contributed by atoms with Gasteiger partial charge in [0.2, 0.25) is 0 Å². The molecular weight excluding hydrogens is 549 g/mol. The van der Waals surface area contributed by atoms with E-state index in [2.05, 4.69) is 155 Å². The van der Waals surface area contributed by atoms with Crippen LogP contribution in [0, 0.1) is 27.7 Å². The van der Waals surface area contributed by atoms with E-state index in [0.717, 1.165) is 0 Å². The molecule has 0 aliphatic rings. The van der Waals surface area contributed by atoms with E-state index in [4.69, 9.17) is 0 Å². The smallest absolute Gasteiger partial charge is 0.0195 e. The molecule has 0 saturated heterocycles. The zero-order valence-corrected chi connectivity index (χ0v) is 27.5. The Labute approximate surface area is 251 Å². The number of aryl methyl sites for hydroxylation is 4. The van der Waals surface area contributed by atoms with Crippen LogP contribution in [0.25, 0.3) is 0 Å². The number of rotatable bonds is 11. The monoisotopic (exact) mass is 590 g/mol. The molecule has 0 unspecified atom stereocenters. The van der Waals surface area contributed by atoms with Gasteiger partial charge in [0.25, 0.3) is 0 Å². The van der Waals surface area contributed by atoms with Crippen molar-refractivity contribution < 1.29 is 0 Å². The molecule has 0 N–H and O–H groups in total. The lowest BCUT2D eigenvalue weighted by Gasteiger charge is -2.26. The van der Waals surface area contributed by atoms with E-state index < -0.39 is 15.8 Å². The maximum Gasteiger partial charge on any atom is -0.0195 e. The second-order valence-electron chi connectivity index (χ2n) is 11.0. The second-order valence-corrected chi connectivity index (χ2v) is 18.1. The van der Waals surface area contributed by atoms with Gasteiger partial charge < -0.3 is 0 Å². The van der Waals surface area contributed by atoms with Crippen molar-refractivity contribution in [1.29, 1.82) is 0 Å². The molecule has 0 spiro atoms. The molecule has 3 heteroatoms. The van der Waals surface area contributed by atoms with Crippen LogP contribution in [0.1, 0.15) is 22.3 Å². The molecule has 5 aromatic carbocycles. The maximum atomic E-state index is 2.38. The van der Waals surface area contributed by atoms with E-state index >= 15 is 0 Å². The highest BCUT2D eigenvalue weighted by Gasteiger charge is 2.21.